The van der Waals surface area contributed by atoms with E-state index in [1.807, 2.05) is 0 Å². The Labute approximate surface area is 97.2 Å². The molecule has 0 spiro atoms. The second kappa shape index (κ2) is 4.05. The molecule has 0 fully saturated rings. The van der Waals surface area contributed by atoms with E-state index in [4.69, 9.17) is 4.52 Å². The Bertz CT molecular complexity index is 627. The van der Waals surface area contributed by atoms with Crippen LogP contribution in [0.4, 0.5) is 0 Å². The number of halogens is 1. The monoisotopic (exact) mass is 286 g/mol. The van der Waals surface area contributed by atoms with Crippen LogP contribution in [-0.4, -0.2) is 19.7 Å². The second-order valence-electron chi connectivity index (χ2n) is 3.10. The van der Waals surface area contributed by atoms with E-state index in [-0.39, 0.29) is 11.0 Å². The van der Waals surface area contributed by atoms with E-state index in [2.05, 4.69) is 31.1 Å². The third-order valence-corrected chi connectivity index (χ3v) is 2.41. The number of aryl methyl sites for hydroxylation is 1. The summed E-state index contributed by atoms with van der Waals surface area (Å²) in [6, 6.07) is 0. The summed E-state index contributed by atoms with van der Waals surface area (Å²) in [7, 11) is 0. The van der Waals surface area contributed by atoms with Crippen LogP contribution in [0.25, 0.3) is 0 Å². The lowest BCUT2D eigenvalue weighted by molar-refractivity contribution is 0.365. The number of nitrogens with one attached hydrogen (secondary N) is 1. The summed E-state index contributed by atoms with van der Waals surface area (Å²) >= 11 is 3.03. The van der Waals surface area contributed by atoms with Gasteiger partial charge in [-0.25, -0.2) is 4.79 Å². The van der Waals surface area contributed by atoms with Gasteiger partial charge in [-0.2, -0.15) is 4.98 Å². The van der Waals surface area contributed by atoms with E-state index in [0.717, 1.165) is 0 Å². The average Bonchev–Trinajstić information content (AvgIpc) is 2.60. The number of rotatable bonds is 2. The molecule has 2 aromatic rings. The molecule has 0 unspecified atom stereocenters. The van der Waals surface area contributed by atoms with Crippen molar-refractivity contribution in [2.24, 2.45) is 0 Å². The predicted octanol–water partition coefficient (Wildman–Crippen LogP) is 0.0388. The summed E-state index contributed by atoms with van der Waals surface area (Å²) in [6.07, 6.45) is 1.38. The van der Waals surface area contributed by atoms with Crippen molar-refractivity contribution in [3.63, 3.8) is 0 Å². The summed E-state index contributed by atoms with van der Waals surface area (Å²) < 4.78 is 6.39. The van der Waals surface area contributed by atoms with Crippen molar-refractivity contribution in [2.75, 3.05) is 0 Å². The minimum atomic E-state index is -0.524. The largest absolute Gasteiger partial charge is 0.337 e. The van der Waals surface area contributed by atoms with Crippen LogP contribution >= 0.6 is 15.9 Å². The minimum absolute atomic E-state index is 0.120. The fraction of sp³-hybridized carbons (Fsp3) is 0.250. The van der Waals surface area contributed by atoms with Gasteiger partial charge in [0.05, 0.1) is 4.47 Å². The molecule has 0 aromatic carbocycles. The summed E-state index contributed by atoms with van der Waals surface area (Å²) in [4.78, 5) is 28.6. The molecule has 0 bridgehead atoms. The average molecular weight is 287 g/mol. The molecule has 2 heterocycles. The molecule has 0 aliphatic carbocycles. The smallest absolute Gasteiger partial charge is 0.328 e. The molecule has 0 saturated carbocycles. The number of aromatic nitrogens is 4. The van der Waals surface area contributed by atoms with Crippen molar-refractivity contribution < 1.29 is 4.52 Å². The van der Waals surface area contributed by atoms with Crippen molar-refractivity contribution in [1.29, 1.82) is 0 Å². The first-order chi connectivity index (χ1) is 7.56. The van der Waals surface area contributed by atoms with Crippen molar-refractivity contribution in [1.82, 2.24) is 19.7 Å². The van der Waals surface area contributed by atoms with Crippen LogP contribution in [0.3, 0.4) is 0 Å². The topological polar surface area (TPSA) is 93.8 Å². The zero-order valence-corrected chi connectivity index (χ0v) is 9.81. The van der Waals surface area contributed by atoms with Crippen LogP contribution in [0.1, 0.15) is 11.7 Å². The van der Waals surface area contributed by atoms with Gasteiger partial charge < -0.3 is 4.52 Å². The lowest BCUT2D eigenvalue weighted by atomic mass is 10.5. The number of hydrogen-bond donors (Lipinski definition) is 1. The maximum Gasteiger partial charge on any atom is 0.328 e. The number of H-pyrrole nitrogens is 1. The van der Waals surface area contributed by atoms with Crippen molar-refractivity contribution in [3.8, 4) is 0 Å². The molecule has 84 valence electrons. The Morgan fingerprint density at radius 1 is 1.56 bits per heavy atom. The molecule has 0 saturated heterocycles. The van der Waals surface area contributed by atoms with Crippen molar-refractivity contribution >= 4 is 15.9 Å². The molecular weight excluding hydrogens is 280 g/mol. The van der Waals surface area contributed by atoms with Gasteiger partial charge in [0, 0.05) is 6.20 Å². The predicted molar refractivity (Wildman–Crippen MR) is 57.2 cm³/mol. The van der Waals surface area contributed by atoms with E-state index in [1.165, 1.54) is 10.8 Å². The Balaban J connectivity index is 2.39. The van der Waals surface area contributed by atoms with Gasteiger partial charge in [-0.05, 0) is 22.9 Å². The fourth-order valence-electron chi connectivity index (χ4n) is 1.15. The third-order valence-electron chi connectivity index (χ3n) is 1.84. The molecule has 16 heavy (non-hydrogen) atoms. The molecule has 0 aliphatic rings. The Kier molecular flexibility index (Phi) is 2.73. The summed E-state index contributed by atoms with van der Waals surface area (Å²) in [5.41, 5.74) is -0.994. The number of hydrogen-bond acceptors (Lipinski definition) is 5. The maximum atomic E-state index is 11.4. The van der Waals surface area contributed by atoms with Gasteiger partial charge >= 0.3 is 5.69 Å². The highest BCUT2D eigenvalue weighted by Gasteiger charge is 2.07. The first-order valence-corrected chi connectivity index (χ1v) is 5.14. The van der Waals surface area contributed by atoms with Crippen LogP contribution in [0.15, 0.2) is 24.8 Å². The zero-order chi connectivity index (χ0) is 11.7. The fourth-order valence-corrected chi connectivity index (χ4v) is 1.50. The molecule has 7 nitrogen and oxygen atoms in total. The van der Waals surface area contributed by atoms with E-state index >= 15 is 0 Å². The Morgan fingerprint density at radius 3 is 2.94 bits per heavy atom. The molecule has 0 atom stereocenters. The van der Waals surface area contributed by atoms with Crippen LogP contribution in [0.5, 0.6) is 0 Å². The van der Waals surface area contributed by atoms with Gasteiger partial charge in [0.15, 0.2) is 5.82 Å². The minimum Gasteiger partial charge on any atom is -0.337 e. The SMILES string of the molecule is Cc1noc(Cn2cc(Br)c(=O)[nH]c2=O)n1. The molecule has 0 aliphatic heterocycles. The zero-order valence-electron chi connectivity index (χ0n) is 8.23. The first kappa shape index (κ1) is 10.8. The number of aromatic amines is 1. The quantitative estimate of drug-likeness (QED) is 0.841. The van der Waals surface area contributed by atoms with Crippen LogP contribution in [-0.2, 0) is 6.54 Å². The second-order valence-corrected chi connectivity index (χ2v) is 3.95. The molecule has 2 rings (SSSR count). The summed E-state index contributed by atoms with van der Waals surface area (Å²) in [5.74, 6) is 0.796. The first-order valence-electron chi connectivity index (χ1n) is 4.35. The summed E-state index contributed by atoms with van der Waals surface area (Å²) in [5, 5.41) is 3.60. The highest BCUT2D eigenvalue weighted by atomic mass is 79.9. The molecule has 2 aromatic heterocycles. The maximum absolute atomic E-state index is 11.4. The van der Waals surface area contributed by atoms with Gasteiger partial charge in [-0.1, -0.05) is 5.16 Å². The molecule has 0 amide bonds. The molecule has 8 heteroatoms. The van der Waals surface area contributed by atoms with Crippen LogP contribution < -0.4 is 11.2 Å². The van der Waals surface area contributed by atoms with Gasteiger partial charge in [0.25, 0.3) is 5.56 Å². The Hall–Kier alpha value is -1.70. The van der Waals surface area contributed by atoms with E-state index in [1.54, 1.807) is 6.92 Å². The van der Waals surface area contributed by atoms with Gasteiger partial charge in [0.2, 0.25) is 5.89 Å². The Morgan fingerprint density at radius 2 is 2.31 bits per heavy atom. The van der Waals surface area contributed by atoms with Crippen LogP contribution in [0.2, 0.25) is 0 Å². The lowest BCUT2D eigenvalue weighted by Crippen LogP contribution is -2.30. The van der Waals surface area contributed by atoms with Crippen LogP contribution in [0, 0.1) is 6.92 Å². The highest BCUT2D eigenvalue weighted by molar-refractivity contribution is 9.10. The van der Waals surface area contributed by atoms with Crippen molar-refractivity contribution in [2.45, 2.75) is 13.5 Å². The molecule has 0 radical (unpaired) electrons. The van der Waals surface area contributed by atoms with E-state index < -0.39 is 11.2 Å². The normalized spacial score (nSPS) is 10.6. The third kappa shape index (κ3) is 2.11. The van der Waals surface area contributed by atoms with E-state index in [0.29, 0.717) is 11.7 Å². The summed E-state index contributed by atoms with van der Waals surface area (Å²) in [6.45, 7) is 1.80. The number of nitrogens with zero attached hydrogens (tertiary/aromatic N) is 3. The van der Waals surface area contributed by atoms with E-state index in [9.17, 15) is 9.59 Å². The highest BCUT2D eigenvalue weighted by Crippen LogP contribution is 2.01. The molecular formula is C8H7BrN4O3. The van der Waals surface area contributed by atoms with Gasteiger partial charge in [-0.15, -0.1) is 0 Å². The van der Waals surface area contributed by atoms with Gasteiger partial charge in [-0.3, -0.25) is 14.3 Å². The lowest BCUT2D eigenvalue weighted by Gasteiger charge is -2.00. The van der Waals surface area contributed by atoms with Gasteiger partial charge in [0.1, 0.15) is 6.54 Å². The standard InChI is InChI=1S/C8H7BrN4O3/c1-4-10-6(16-12-4)3-13-2-5(9)7(14)11-8(13)15/h2H,3H2,1H3,(H,11,14,15). The molecule has 1 N–H and O–H groups in total. The van der Waals surface area contributed by atoms with Crippen molar-refractivity contribution in [3.05, 3.63) is 43.2 Å².